The van der Waals surface area contributed by atoms with Crippen LogP contribution in [0, 0.1) is 0 Å². The third-order valence-corrected chi connectivity index (χ3v) is 2.24. The Morgan fingerprint density at radius 3 is 3.00 bits per heavy atom. The molecule has 1 rings (SSSR count). The van der Waals surface area contributed by atoms with Gasteiger partial charge in [-0.15, -0.1) is 0 Å². The molecule has 1 heterocycles. The summed E-state index contributed by atoms with van der Waals surface area (Å²) in [5, 5.41) is 3.45. The number of hydrogen-bond donors (Lipinski definition) is 1. The lowest BCUT2D eigenvalue weighted by Crippen LogP contribution is -2.41. The normalized spacial score (nSPS) is 29.8. The molecule has 3 nitrogen and oxygen atoms in total. The zero-order valence-electron chi connectivity index (χ0n) is 8.22. The molecule has 12 heavy (non-hydrogen) atoms. The third kappa shape index (κ3) is 3.09. The van der Waals surface area contributed by atoms with Crippen LogP contribution in [0.1, 0.15) is 20.3 Å². The lowest BCUT2D eigenvalue weighted by molar-refractivity contribution is 0.00846. The smallest absolute Gasteiger partial charge is 0.0932 e. The van der Waals surface area contributed by atoms with E-state index in [4.69, 9.17) is 9.47 Å². The van der Waals surface area contributed by atoms with E-state index >= 15 is 0 Å². The molecule has 0 amide bonds. The second-order valence-corrected chi connectivity index (χ2v) is 3.96. The highest BCUT2D eigenvalue weighted by atomic mass is 16.5. The molecule has 72 valence electrons. The number of nitrogens with one attached hydrogen (secondary N) is 1. The van der Waals surface area contributed by atoms with E-state index in [1.165, 1.54) is 0 Å². The number of ether oxygens (including phenoxy) is 2. The zero-order valence-corrected chi connectivity index (χ0v) is 8.22. The van der Waals surface area contributed by atoms with E-state index in [0.29, 0.717) is 6.61 Å². The Labute approximate surface area is 74.4 Å². The highest BCUT2D eigenvalue weighted by Crippen LogP contribution is 2.12. The van der Waals surface area contributed by atoms with Crippen LogP contribution in [-0.4, -0.2) is 38.5 Å². The largest absolute Gasteiger partial charge is 0.382 e. The minimum Gasteiger partial charge on any atom is -0.382 e. The average Bonchev–Trinajstić information content (AvgIpc) is 2.14. The first-order valence-corrected chi connectivity index (χ1v) is 4.49. The van der Waals surface area contributed by atoms with Crippen LogP contribution in [0.3, 0.4) is 0 Å². The van der Waals surface area contributed by atoms with Crippen LogP contribution in [0.15, 0.2) is 0 Å². The van der Waals surface area contributed by atoms with E-state index in [2.05, 4.69) is 19.2 Å². The topological polar surface area (TPSA) is 30.5 Å². The van der Waals surface area contributed by atoms with E-state index in [1.807, 2.05) is 0 Å². The molecule has 1 saturated heterocycles. The molecule has 0 aromatic carbocycles. The molecular weight excluding hydrogens is 154 g/mol. The van der Waals surface area contributed by atoms with Gasteiger partial charge in [0, 0.05) is 25.8 Å². The first-order valence-electron chi connectivity index (χ1n) is 4.49. The summed E-state index contributed by atoms with van der Waals surface area (Å²) in [6.45, 7) is 6.80. The van der Waals surface area contributed by atoms with Crippen molar-refractivity contribution in [2.24, 2.45) is 0 Å². The summed E-state index contributed by atoms with van der Waals surface area (Å²) in [5.74, 6) is 0. The van der Waals surface area contributed by atoms with Crippen LogP contribution in [-0.2, 0) is 9.47 Å². The van der Waals surface area contributed by atoms with Crippen molar-refractivity contribution in [2.45, 2.75) is 31.9 Å². The molecule has 0 radical (unpaired) electrons. The summed E-state index contributed by atoms with van der Waals surface area (Å²) in [5.41, 5.74) is 0.211. The highest BCUT2D eigenvalue weighted by molar-refractivity contribution is 4.81. The Morgan fingerprint density at radius 1 is 1.58 bits per heavy atom. The molecule has 0 aliphatic carbocycles. The van der Waals surface area contributed by atoms with Crippen molar-refractivity contribution in [3.05, 3.63) is 0 Å². The van der Waals surface area contributed by atoms with Crippen molar-refractivity contribution in [2.75, 3.05) is 26.9 Å². The summed E-state index contributed by atoms with van der Waals surface area (Å²) in [7, 11) is 1.71. The molecule has 1 aliphatic heterocycles. The van der Waals surface area contributed by atoms with Crippen molar-refractivity contribution in [1.82, 2.24) is 5.32 Å². The van der Waals surface area contributed by atoms with Gasteiger partial charge in [-0.1, -0.05) is 0 Å². The minimum absolute atomic E-state index is 0.211. The van der Waals surface area contributed by atoms with Crippen LogP contribution >= 0.6 is 0 Å². The first-order chi connectivity index (χ1) is 5.64. The van der Waals surface area contributed by atoms with Gasteiger partial charge in [-0.05, 0) is 20.3 Å². The Balaban J connectivity index is 2.34. The number of methoxy groups -OCH3 is 1. The molecule has 1 aliphatic rings. The first kappa shape index (κ1) is 9.96. The van der Waals surface area contributed by atoms with E-state index in [0.717, 1.165) is 19.6 Å². The quantitative estimate of drug-likeness (QED) is 0.669. The molecule has 3 heteroatoms. The van der Waals surface area contributed by atoms with Gasteiger partial charge in [0.25, 0.3) is 0 Å². The Hall–Kier alpha value is -0.120. The van der Waals surface area contributed by atoms with Crippen molar-refractivity contribution in [3.63, 3.8) is 0 Å². The zero-order chi connectivity index (χ0) is 9.03. The van der Waals surface area contributed by atoms with Crippen LogP contribution in [0.4, 0.5) is 0 Å². The van der Waals surface area contributed by atoms with Gasteiger partial charge >= 0.3 is 0 Å². The fraction of sp³-hybridized carbons (Fsp3) is 1.00. The molecule has 0 bridgehead atoms. The lowest BCUT2D eigenvalue weighted by atomic mass is 10.0. The number of hydrogen-bond acceptors (Lipinski definition) is 3. The molecule has 0 aromatic rings. The van der Waals surface area contributed by atoms with Crippen molar-refractivity contribution in [1.29, 1.82) is 0 Å². The molecule has 1 N–H and O–H groups in total. The molecule has 1 fully saturated rings. The van der Waals surface area contributed by atoms with E-state index in [9.17, 15) is 0 Å². The van der Waals surface area contributed by atoms with Crippen LogP contribution in [0.5, 0.6) is 0 Å². The third-order valence-electron chi connectivity index (χ3n) is 2.24. The predicted octanol–water partition coefficient (Wildman–Crippen LogP) is 0.790. The molecular formula is C9H19NO2. The Morgan fingerprint density at radius 2 is 2.33 bits per heavy atom. The molecule has 0 saturated carbocycles. The van der Waals surface area contributed by atoms with Gasteiger partial charge in [-0.3, -0.25) is 0 Å². The van der Waals surface area contributed by atoms with Gasteiger partial charge in [0.05, 0.1) is 12.7 Å². The van der Waals surface area contributed by atoms with Gasteiger partial charge < -0.3 is 14.8 Å². The second kappa shape index (κ2) is 4.21. The van der Waals surface area contributed by atoms with Crippen LogP contribution in [0.2, 0.25) is 0 Å². The summed E-state index contributed by atoms with van der Waals surface area (Å²) in [4.78, 5) is 0. The van der Waals surface area contributed by atoms with E-state index in [1.54, 1.807) is 7.11 Å². The summed E-state index contributed by atoms with van der Waals surface area (Å²) in [6, 6.07) is 0. The lowest BCUT2D eigenvalue weighted by Gasteiger charge is -2.23. The predicted molar refractivity (Wildman–Crippen MR) is 48.3 cm³/mol. The van der Waals surface area contributed by atoms with Gasteiger partial charge in [0.15, 0.2) is 0 Å². The average molecular weight is 173 g/mol. The molecule has 0 spiro atoms. The summed E-state index contributed by atoms with van der Waals surface area (Å²) < 4.78 is 10.6. The fourth-order valence-corrected chi connectivity index (χ4v) is 1.31. The molecule has 0 aromatic heterocycles. The summed E-state index contributed by atoms with van der Waals surface area (Å²) in [6.07, 6.45) is 1.28. The fourth-order valence-electron chi connectivity index (χ4n) is 1.31. The van der Waals surface area contributed by atoms with Gasteiger partial charge in [0.2, 0.25) is 0 Å². The van der Waals surface area contributed by atoms with E-state index < -0.39 is 0 Å². The highest BCUT2D eigenvalue weighted by Gasteiger charge is 2.23. The van der Waals surface area contributed by atoms with Crippen molar-refractivity contribution < 1.29 is 9.47 Å². The maximum Gasteiger partial charge on any atom is 0.0932 e. The molecule has 1 unspecified atom stereocenters. The SMILES string of the molecule is COCC1CNC(C)(C)CCO1. The van der Waals surface area contributed by atoms with Gasteiger partial charge in [-0.25, -0.2) is 0 Å². The minimum atomic E-state index is 0.211. The maximum absolute atomic E-state index is 5.59. The van der Waals surface area contributed by atoms with Crippen LogP contribution < -0.4 is 5.32 Å². The number of rotatable bonds is 2. The molecule has 1 atom stereocenters. The van der Waals surface area contributed by atoms with Crippen molar-refractivity contribution in [3.8, 4) is 0 Å². The summed E-state index contributed by atoms with van der Waals surface area (Å²) >= 11 is 0. The Bertz CT molecular complexity index is 136. The van der Waals surface area contributed by atoms with Crippen molar-refractivity contribution >= 4 is 0 Å². The van der Waals surface area contributed by atoms with Crippen LogP contribution in [0.25, 0.3) is 0 Å². The monoisotopic (exact) mass is 173 g/mol. The van der Waals surface area contributed by atoms with Gasteiger partial charge in [0.1, 0.15) is 0 Å². The van der Waals surface area contributed by atoms with E-state index in [-0.39, 0.29) is 11.6 Å². The maximum atomic E-state index is 5.59. The standard InChI is InChI=1S/C9H19NO2/c1-9(2)4-5-12-8(6-10-9)7-11-3/h8,10H,4-7H2,1-3H3. The van der Waals surface area contributed by atoms with Gasteiger partial charge in [-0.2, -0.15) is 0 Å². The second-order valence-electron chi connectivity index (χ2n) is 3.96. The Kier molecular flexibility index (Phi) is 3.50.